The predicted molar refractivity (Wildman–Crippen MR) is 59.9 cm³/mol. The Morgan fingerprint density at radius 2 is 2.29 bits per heavy atom. The Morgan fingerprint density at radius 1 is 1.65 bits per heavy atom. The molecule has 17 heavy (non-hydrogen) atoms. The Balaban J connectivity index is 2.26. The second kappa shape index (κ2) is 4.32. The second-order valence-electron chi connectivity index (χ2n) is 3.99. The van der Waals surface area contributed by atoms with Crippen molar-refractivity contribution >= 4 is 23.6 Å². The van der Waals surface area contributed by atoms with E-state index >= 15 is 0 Å². The number of carboxylic acid groups (broad SMARTS) is 1. The van der Waals surface area contributed by atoms with Gasteiger partial charge in [0, 0.05) is 12.0 Å². The molecule has 0 aliphatic carbocycles. The van der Waals surface area contributed by atoms with E-state index in [-0.39, 0.29) is 23.6 Å². The monoisotopic (exact) mass is 259 g/mol. The lowest BCUT2D eigenvalue weighted by atomic mass is 9.92. The molecule has 7 heteroatoms. The number of hydrogen-bond acceptors (Lipinski definition) is 5. The molecule has 0 aromatic rings. The van der Waals surface area contributed by atoms with Crippen molar-refractivity contribution in [3.63, 3.8) is 0 Å². The van der Waals surface area contributed by atoms with Crippen LogP contribution in [0.25, 0.3) is 0 Å². The number of ether oxygens (including phenoxy) is 1. The summed E-state index contributed by atoms with van der Waals surface area (Å²) < 4.78 is 4.92. The number of amides is 1. The Labute approximate surface area is 102 Å². The number of carboxylic acids is 1. The van der Waals surface area contributed by atoms with E-state index in [1.807, 2.05) is 0 Å². The van der Waals surface area contributed by atoms with Crippen molar-refractivity contribution in [1.29, 1.82) is 0 Å². The third-order valence-electron chi connectivity index (χ3n) is 2.85. The fourth-order valence-corrected chi connectivity index (χ4v) is 3.67. The average molecular weight is 259 g/mol. The van der Waals surface area contributed by atoms with Gasteiger partial charge in [-0.1, -0.05) is 11.8 Å². The number of hydrogen-bond donors (Lipinski definition) is 2. The van der Waals surface area contributed by atoms with Crippen LogP contribution in [0.1, 0.15) is 6.92 Å². The molecule has 2 heterocycles. The minimum Gasteiger partial charge on any atom is -0.477 e. The number of nitrogens with zero attached hydrogens (tertiary/aromatic N) is 1. The largest absolute Gasteiger partial charge is 0.477 e. The van der Waals surface area contributed by atoms with E-state index < -0.39 is 18.0 Å². The van der Waals surface area contributed by atoms with E-state index in [2.05, 4.69) is 0 Å². The zero-order valence-electron chi connectivity index (χ0n) is 9.41. The number of β-lactam (4-membered cyclic amide) rings is 1. The Morgan fingerprint density at radius 3 is 2.76 bits per heavy atom. The van der Waals surface area contributed by atoms with Gasteiger partial charge in [-0.3, -0.25) is 9.69 Å². The summed E-state index contributed by atoms with van der Waals surface area (Å²) in [6.07, 6.45) is -0.770. The van der Waals surface area contributed by atoms with E-state index in [1.165, 1.54) is 30.7 Å². The molecule has 0 bridgehead atoms. The highest BCUT2D eigenvalue weighted by molar-refractivity contribution is 8.04. The van der Waals surface area contributed by atoms with Crippen LogP contribution in [0, 0.1) is 5.92 Å². The molecular formula is C10H13NO5S. The molecule has 2 N–H and O–H groups in total. The zero-order valence-corrected chi connectivity index (χ0v) is 10.2. The summed E-state index contributed by atoms with van der Waals surface area (Å²) in [6, 6.07) is 0. The first-order valence-corrected chi connectivity index (χ1v) is 6.00. The molecule has 2 aliphatic rings. The Bertz CT molecular complexity index is 406. The van der Waals surface area contributed by atoms with Crippen molar-refractivity contribution in [3.8, 4) is 0 Å². The second-order valence-corrected chi connectivity index (χ2v) is 5.20. The maximum absolute atomic E-state index is 11.8. The lowest BCUT2D eigenvalue weighted by Crippen LogP contribution is -2.60. The van der Waals surface area contributed by atoms with Crippen LogP contribution >= 0.6 is 11.8 Å². The predicted octanol–water partition coefficient (Wildman–Crippen LogP) is -0.159. The van der Waals surface area contributed by atoms with Crippen molar-refractivity contribution in [2.45, 2.75) is 18.4 Å². The molecule has 3 atom stereocenters. The minimum atomic E-state index is -1.13. The zero-order chi connectivity index (χ0) is 12.7. The molecule has 2 rings (SSSR count). The smallest absolute Gasteiger partial charge is 0.353 e. The first-order valence-electron chi connectivity index (χ1n) is 5.12. The van der Waals surface area contributed by atoms with Crippen molar-refractivity contribution in [2.24, 2.45) is 5.92 Å². The summed E-state index contributed by atoms with van der Waals surface area (Å²) in [4.78, 5) is 24.6. The molecule has 1 amide bonds. The van der Waals surface area contributed by atoms with Gasteiger partial charge in [-0.15, -0.1) is 0 Å². The van der Waals surface area contributed by atoms with Crippen molar-refractivity contribution in [3.05, 3.63) is 10.6 Å². The van der Waals surface area contributed by atoms with Gasteiger partial charge < -0.3 is 14.9 Å². The van der Waals surface area contributed by atoms with Crippen LogP contribution in [0.3, 0.4) is 0 Å². The van der Waals surface area contributed by atoms with Crippen LogP contribution in [0.5, 0.6) is 0 Å². The summed E-state index contributed by atoms with van der Waals surface area (Å²) in [5.74, 6) is -1.99. The van der Waals surface area contributed by atoms with Gasteiger partial charge in [0.15, 0.2) is 0 Å². The average Bonchev–Trinajstić information content (AvgIpc) is 2.53. The Kier molecular flexibility index (Phi) is 3.15. The highest BCUT2D eigenvalue weighted by Crippen LogP contribution is 2.50. The fourth-order valence-electron chi connectivity index (χ4n) is 2.09. The first kappa shape index (κ1) is 12.4. The van der Waals surface area contributed by atoms with Crippen LogP contribution in [-0.2, 0) is 14.3 Å². The standard InChI is InChI=1S/C10H13NO5S/c1-4(12)6-8(13)11-7(10(14)15)5(3-16-2)17-9(6)11/h4,6,9,12H,3H2,1-2H3,(H,14,15)/t4-,6+,9-/m0/s1. The first-order chi connectivity index (χ1) is 7.99. The molecule has 1 fully saturated rings. The van der Waals surface area contributed by atoms with Crippen molar-refractivity contribution < 1.29 is 24.5 Å². The number of carbonyl (C=O) groups is 2. The number of carbonyl (C=O) groups excluding carboxylic acids is 1. The molecule has 0 spiro atoms. The van der Waals surface area contributed by atoms with Gasteiger partial charge in [-0.05, 0) is 6.92 Å². The molecule has 94 valence electrons. The Hall–Kier alpha value is -1.05. The van der Waals surface area contributed by atoms with Crippen LogP contribution in [-0.4, -0.2) is 52.2 Å². The van der Waals surface area contributed by atoms with E-state index in [4.69, 9.17) is 9.84 Å². The molecule has 0 aromatic heterocycles. The van der Waals surface area contributed by atoms with Crippen molar-refractivity contribution in [1.82, 2.24) is 4.90 Å². The topological polar surface area (TPSA) is 87.1 Å². The molecule has 0 unspecified atom stereocenters. The van der Waals surface area contributed by atoms with E-state index in [1.54, 1.807) is 0 Å². The molecule has 0 aromatic carbocycles. The molecule has 6 nitrogen and oxygen atoms in total. The summed E-state index contributed by atoms with van der Waals surface area (Å²) in [7, 11) is 1.47. The number of rotatable bonds is 4. The normalized spacial score (nSPS) is 29.1. The van der Waals surface area contributed by atoms with Gasteiger partial charge in [0.25, 0.3) is 0 Å². The number of aliphatic hydroxyl groups is 1. The number of aliphatic hydroxyl groups excluding tert-OH is 1. The van der Waals surface area contributed by atoms with E-state index in [9.17, 15) is 14.7 Å². The quantitative estimate of drug-likeness (QED) is 0.682. The SMILES string of the molecule is COCC1=C(C(=O)O)N2C(=O)[C@@H]([C@H](C)O)[C@@H]2S1. The third-order valence-corrected chi connectivity index (χ3v) is 4.19. The number of methoxy groups -OCH3 is 1. The number of fused-ring (bicyclic) bond motifs is 1. The van der Waals surface area contributed by atoms with Gasteiger partial charge in [-0.25, -0.2) is 4.79 Å². The van der Waals surface area contributed by atoms with Crippen LogP contribution in [0.4, 0.5) is 0 Å². The number of aliphatic carboxylic acids is 1. The molecular weight excluding hydrogens is 246 g/mol. The molecule has 0 radical (unpaired) electrons. The van der Waals surface area contributed by atoms with Gasteiger partial charge in [0.05, 0.1) is 18.6 Å². The summed E-state index contributed by atoms with van der Waals surface area (Å²) in [5.41, 5.74) is -0.0104. The van der Waals surface area contributed by atoms with Gasteiger partial charge in [-0.2, -0.15) is 0 Å². The van der Waals surface area contributed by atoms with Gasteiger partial charge in [0.1, 0.15) is 11.1 Å². The summed E-state index contributed by atoms with van der Waals surface area (Å²) in [5, 5.41) is 18.3. The van der Waals surface area contributed by atoms with Crippen LogP contribution < -0.4 is 0 Å². The van der Waals surface area contributed by atoms with Crippen LogP contribution in [0.15, 0.2) is 10.6 Å². The lowest BCUT2D eigenvalue weighted by molar-refractivity contribution is -0.156. The maximum atomic E-state index is 11.8. The molecule has 1 saturated heterocycles. The highest BCUT2D eigenvalue weighted by Gasteiger charge is 2.57. The highest BCUT2D eigenvalue weighted by atomic mass is 32.2. The van der Waals surface area contributed by atoms with Crippen molar-refractivity contribution in [2.75, 3.05) is 13.7 Å². The van der Waals surface area contributed by atoms with Gasteiger partial charge in [0.2, 0.25) is 5.91 Å². The summed E-state index contributed by atoms with van der Waals surface area (Å²) >= 11 is 1.28. The maximum Gasteiger partial charge on any atom is 0.353 e. The van der Waals surface area contributed by atoms with E-state index in [0.29, 0.717) is 4.91 Å². The third kappa shape index (κ3) is 1.74. The lowest BCUT2D eigenvalue weighted by Gasteiger charge is -2.43. The molecule has 0 saturated carbocycles. The van der Waals surface area contributed by atoms with Gasteiger partial charge >= 0.3 is 5.97 Å². The number of thioether (sulfide) groups is 1. The van der Waals surface area contributed by atoms with Crippen LogP contribution in [0.2, 0.25) is 0 Å². The fraction of sp³-hybridized carbons (Fsp3) is 0.600. The van der Waals surface area contributed by atoms with E-state index in [0.717, 1.165) is 0 Å². The minimum absolute atomic E-state index is 0.0104. The molecule has 2 aliphatic heterocycles. The summed E-state index contributed by atoms with van der Waals surface area (Å²) in [6.45, 7) is 1.70.